The van der Waals surface area contributed by atoms with Gasteiger partial charge in [0.2, 0.25) is 5.91 Å². The van der Waals surface area contributed by atoms with Gasteiger partial charge in [-0.1, -0.05) is 18.2 Å². The molecule has 24 heavy (non-hydrogen) atoms. The lowest BCUT2D eigenvalue weighted by atomic mass is 10.0. The van der Waals surface area contributed by atoms with Crippen LogP contribution in [-0.4, -0.2) is 46.7 Å². The molecule has 0 spiro atoms. The third-order valence-corrected chi connectivity index (χ3v) is 4.22. The molecule has 1 unspecified atom stereocenters. The van der Waals surface area contributed by atoms with Crippen molar-refractivity contribution in [3.63, 3.8) is 0 Å². The minimum atomic E-state index is -0.201. The van der Waals surface area contributed by atoms with E-state index >= 15 is 0 Å². The summed E-state index contributed by atoms with van der Waals surface area (Å²) in [7, 11) is 1.91. The molecule has 1 amide bonds. The first kappa shape index (κ1) is 16.5. The Morgan fingerprint density at radius 2 is 2.08 bits per heavy atom. The molecule has 1 aliphatic rings. The number of amides is 1. The molecular formula is C18H23N3O3. The van der Waals surface area contributed by atoms with Crippen molar-refractivity contribution in [2.75, 3.05) is 26.3 Å². The van der Waals surface area contributed by atoms with E-state index < -0.39 is 0 Å². The zero-order valence-corrected chi connectivity index (χ0v) is 14.1. The number of aromatic nitrogens is 2. The maximum Gasteiger partial charge on any atom is 0.248 e. The van der Waals surface area contributed by atoms with Crippen LogP contribution in [0, 0.1) is 5.92 Å². The number of likely N-dealkylation sites (tertiary alicyclic amines) is 1. The van der Waals surface area contributed by atoms with Gasteiger partial charge in [0.05, 0.1) is 6.61 Å². The van der Waals surface area contributed by atoms with E-state index in [0.717, 1.165) is 24.7 Å². The van der Waals surface area contributed by atoms with Gasteiger partial charge in [0.25, 0.3) is 0 Å². The predicted molar refractivity (Wildman–Crippen MR) is 89.6 cm³/mol. The Bertz CT molecular complexity index is 665. The number of imidazole rings is 1. The fourth-order valence-corrected chi connectivity index (χ4v) is 2.74. The summed E-state index contributed by atoms with van der Waals surface area (Å²) in [6.45, 7) is 4.08. The van der Waals surface area contributed by atoms with Crippen molar-refractivity contribution >= 4 is 5.91 Å². The Hall–Kier alpha value is -2.34. The van der Waals surface area contributed by atoms with E-state index in [2.05, 4.69) is 4.98 Å². The zero-order chi connectivity index (χ0) is 16.9. The number of nitrogens with zero attached hydrogens (tertiary/aromatic N) is 3. The number of rotatable bonds is 7. The molecule has 0 N–H and O–H groups in total. The third kappa shape index (κ3) is 3.94. The molecule has 6 nitrogen and oxygen atoms in total. The van der Waals surface area contributed by atoms with Crippen LogP contribution in [0.1, 0.15) is 18.9 Å². The van der Waals surface area contributed by atoms with Crippen molar-refractivity contribution < 1.29 is 14.3 Å². The number of carbonyl (C=O) groups excluding carboxylic acids is 1. The van der Waals surface area contributed by atoms with Crippen molar-refractivity contribution in [1.82, 2.24) is 14.5 Å². The van der Waals surface area contributed by atoms with E-state index in [1.807, 2.05) is 60.0 Å². The lowest BCUT2D eigenvalue weighted by molar-refractivity contribution is -0.145. The first-order valence-electron chi connectivity index (χ1n) is 8.18. The molecule has 2 heterocycles. The number of benzene rings is 1. The SMILES string of the molecule is CC(OCC(=O)N1CC(COc2ccccc2)C1)c1nccn1C. The lowest BCUT2D eigenvalue weighted by Gasteiger charge is -2.39. The number of para-hydroxylation sites is 1. The molecule has 0 aliphatic carbocycles. The summed E-state index contributed by atoms with van der Waals surface area (Å²) in [5.41, 5.74) is 0. The molecule has 3 rings (SSSR count). The predicted octanol–water partition coefficient (Wildman–Crippen LogP) is 2.04. The fraction of sp³-hybridized carbons (Fsp3) is 0.444. The van der Waals surface area contributed by atoms with E-state index in [1.54, 1.807) is 6.20 Å². The Kier molecular flexibility index (Phi) is 5.15. The van der Waals surface area contributed by atoms with Gasteiger partial charge in [-0.05, 0) is 19.1 Å². The van der Waals surface area contributed by atoms with Crippen molar-refractivity contribution in [3.8, 4) is 5.75 Å². The molecule has 6 heteroatoms. The Morgan fingerprint density at radius 3 is 2.75 bits per heavy atom. The molecule has 0 saturated carbocycles. The highest BCUT2D eigenvalue weighted by Gasteiger charge is 2.31. The third-order valence-electron chi connectivity index (χ3n) is 4.22. The minimum Gasteiger partial charge on any atom is -0.493 e. The highest BCUT2D eigenvalue weighted by molar-refractivity contribution is 5.78. The summed E-state index contributed by atoms with van der Waals surface area (Å²) in [6, 6.07) is 9.74. The highest BCUT2D eigenvalue weighted by atomic mass is 16.5. The van der Waals surface area contributed by atoms with Gasteiger partial charge in [-0.3, -0.25) is 4.79 Å². The van der Waals surface area contributed by atoms with Crippen LogP contribution in [-0.2, 0) is 16.6 Å². The van der Waals surface area contributed by atoms with Gasteiger partial charge in [-0.25, -0.2) is 4.98 Å². The molecule has 0 bridgehead atoms. The normalized spacial score (nSPS) is 15.8. The largest absolute Gasteiger partial charge is 0.493 e. The van der Waals surface area contributed by atoms with E-state index in [0.29, 0.717) is 12.5 Å². The molecule has 1 saturated heterocycles. The average Bonchev–Trinajstić information content (AvgIpc) is 2.98. The number of aryl methyl sites for hydroxylation is 1. The second kappa shape index (κ2) is 7.49. The maximum atomic E-state index is 12.1. The van der Waals surface area contributed by atoms with Crippen LogP contribution in [0.25, 0.3) is 0 Å². The van der Waals surface area contributed by atoms with Gasteiger partial charge in [-0.15, -0.1) is 0 Å². The second-order valence-corrected chi connectivity index (χ2v) is 6.14. The van der Waals surface area contributed by atoms with Gasteiger partial charge < -0.3 is 18.9 Å². The van der Waals surface area contributed by atoms with Crippen LogP contribution >= 0.6 is 0 Å². The fourth-order valence-electron chi connectivity index (χ4n) is 2.74. The molecule has 1 aromatic carbocycles. The van der Waals surface area contributed by atoms with Crippen LogP contribution in [0.5, 0.6) is 5.75 Å². The average molecular weight is 329 g/mol. The summed E-state index contributed by atoms with van der Waals surface area (Å²) in [4.78, 5) is 18.2. The van der Waals surface area contributed by atoms with Crippen LogP contribution in [0.2, 0.25) is 0 Å². The topological polar surface area (TPSA) is 56.6 Å². The standard InChI is InChI=1S/C18H23N3O3/c1-14(18-19-8-9-20(18)2)23-13-17(22)21-10-15(11-21)12-24-16-6-4-3-5-7-16/h3-9,14-15H,10-13H2,1-2H3. The van der Waals surface area contributed by atoms with Crippen molar-refractivity contribution in [3.05, 3.63) is 48.5 Å². The van der Waals surface area contributed by atoms with Gasteiger partial charge in [0, 0.05) is 38.4 Å². The van der Waals surface area contributed by atoms with Crippen LogP contribution in [0.15, 0.2) is 42.7 Å². The Labute approximate surface area is 142 Å². The first-order chi connectivity index (χ1) is 11.6. The summed E-state index contributed by atoms with van der Waals surface area (Å²) in [6.07, 6.45) is 3.39. The molecule has 1 fully saturated rings. The summed E-state index contributed by atoms with van der Waals surface area (Å²) < 4.78 is 13.3. The van der Waals surface area contributed by atoms with Crippen molar-refractivity contribution in [1.29, 1.82) is 0 Å². The molecule has 1 aliphatic heterocycles. The molecule has 2 aromatic rings. The molecule has 1 atom stereocenters. The summed E-state index contributed by atoms with van der Waals surface area (Å²) in [5.74, 6) is 2.10. The lowest BCUT2D eigenvalue weighted by Crippen LogP contribution is -2.53. The quantitative estimate of drug-likeness (QED) is 0.780. The second-order valence-electron chi connectivity index (χ2n) is 6.14. The van der Waals surface area contributed by atoms with Crippen LogP contribution < -0.4 is 4.74 Å². The number of hydrogen-bond acceptors (Lipinski definition) is 4. The Morgan fingerprint density at radius 1 is 1.33 bits per heavy atom. The summed E-state index contributed by atoms with van der Waals surface area (Å²) >= 11 is 0. The molecular weight excluding hydrogens is 306 g/mol. The van der Waals surface area contributed by atoms with Gasteiger partial charge in [0.1, 0.15) is 24.3 Å². The van der Waals surface area contributed by atoms with E-state index in [4.69, 9.17) is 9.47 Å². The zero-order valence-electron chi connectivity index (χ0n) is 14.1. The summed E-state index contributed by atoms with van der Waals surface area (Å²) in [5, 5.41) is 0. The minimum absolute atomic E-state index is 0.0204. The van der Waals surface area contributed by atoms with E-state index in [9.17, 15) is 4.79 Å². The number of ether oxygens (including phenoxy) is 2. The van der Waals surface area contributed by atoms with E-state index in [1.165, 1.54) is 0 Å². The van der Waals surface area contributed by atoms with Gasteiger partial charge >= 0.3 is 0 Å². The highest BCUT2D eigenvalue weighted by Crippen LogP contribution is 2.19. The van der Waals surface area contributed by atoms with Gasteiger partial charge in [0.15, 0.2) is 0 Å². The van der Waals surface area contributed by atoms with Gasteiger partial charge in [-0.2, -0.15) is 0 Å². The maximum absolute atomic E-state index is 12.1. The Balaban J connectivity index is 1.35. The monoisotopic (exact) mass is 329 g/mol. The first-order valence-corrected chi connectivity index (χ1v) is 8.18. The van der Waals surface area contributed by atoms with Crippen LogP contribution in [0.4, 0.5) is 0 Å². The molecule has 0 radical (unpaired) electrons. The number of carbonyl (C=O) groups is 1. The molecule has 1 aromatic heterocycles. The number of hydrogen-bond donors (Lipinski definition) is 0. The van der Waals surface area contributed by atoms with E-state index in [-0.39, 0.29) is 18.6 Å². The van der Waals surface area contributed by atoms with Crippen LogP contribution in [0.3, 0.4) is 0 Å². The molecule has 128 valence electrons. The smallest absolute Gasteiger partial charge is 0.248 e. The van der Waals surface area contributed by atoms with Crippen molar-refractivity contribution in [2.45, 2.75) is 13.0 Å². The van der Waals surface area contributed by atoms with Crippen molar-refractivity contribution in [2.24, 2.45) is 13.0 Å².